The number of benzene rings is 2. The Kier molecular flexibility index (Phi) is 4.65. The molecular formula is C20H16BrF3N4O. The summed E-state index contributed by atoms with van der Waals surface area (Å²) in [5.74, 6) is 0. The highest BCUT2D eigenvalue weighted by Crippen LogP contribution is 2.38. The molecule has 29 heavy (non-hydrogen) atoms. The molecule has 4 rings (SSSR count). The molecule has 150 valence electrons. The highest BCUT2D eigenvalue weighted by atomic mass is 79.9. The molecule has 0 fully saturated rings. The standard InChI is InChI=1S/C20H16BrF3N4O/c1-27-10-15(14-8-13(21)5-6-17(14)27)18-9-16(26-28(18)19(25)29)11-3-2-4-12(7-11)20(22,23)24/h2-8,10,18H,9H2,1H3,(H2,25,29). The molecule has 2 heterocycles. The number of nitrogens with two attached hydrogens (primary N) is 1. The third-order valence-electron chi connectivity index (χ3n) is 5.00. The van der Waals surface area contributed by atoms with Gasteiger partial charge in [-0.1, -0.05) is 28.1 Å². The largest absolute Gasteiger partial charge is 0.416 e. The van der Waals surface area contributed by atoms with Crippen molar-refractivity contribution in [2.75, 3.05) is 0 Å². The number of aryl methyl sites for hydroxylation is 1. The van der Waals surface area contributed by atoms with Crippen molar-refractivity contribution in [3.8, 4) is 0 Å². The molecule has 3 aromatic rings. The minimum atomic E-state index is -4.46. The van der Waals surface area contributed by atoms with Crippen molar-refractivity contribution in [2.45, 2.75) is 18.6 Å². The molecule has 5 nitrogen and oxygen atoms in total. The maximum atomic E-state index is 13.1. The molecule has 1 atom stereocenters. The van der Waals surface area contributed by atoms with E-state index in [1.165, 1.54) is 6.07 Å². The van der Waals surface area contributed by atoms with E-state index in [1.54, 1.807) is 6.07 Å². The van der Waals surface area contributed by atoms with Crippen LogP contribution in [0.4, 0.5) is 18.0 Å². The molecule has 9 heteroatoms. The number of urea groups is 1. The first-order chi connectivity index (χ1) is 13.6. The summed E-state index contributed by atoms with van der Waals surface area (Å²) in [6.07, 6.45) is -2.31. The zero-order chi connectivity index (χ0) is 20.9. The first-order valence-corrected chi connectivity index (χ1v) is 9.52. The highest BCUT2D eigenvalue weighted by molar-refractivity contribution is 9.10. The summed E-state index contributed by atoms with van der Waals surface area (Å²) in [5.41, 5.74) is 7.25. The second-order valence-corrected chi connectivity index (χ2v) is 7.80. The molecule has 0 saturated heterocycles. The summed E-state index contributed by atoms with van der Waals surface area (Å²) in [5, 5.41) is 6.32. The Morgan fingerprint density at radius 3 is 2.69 bits per heavy atom. The van der Waals surface area contributed by atoms with E-state index in [2.05, 4.69) is 21.0 Å². The summed E-state index contributed by atoms with van der Waals surface area (Å²) < 4.78 is 42.1. The number of nitrogens with zero attached hydrogens (tertiary/aromatic N) is 3. The van der Waals surface area contributed by atoms with Gasteiger partial charge in [-0.2, -0.15) is 18.3 Å². The molecule has 1 unspecified atom stereocenters. The monoisotopic (exact) mass is 464 g/mol. The lowest BCUT2D eigenvalue weighted by Gasteiger charge is -2.19. The van der Waals surface area contributed by atoms with Gasteiger partial charge in [0.25, 0.3) is 0 Å². The van der Waals surface area contributed by atoms with Gasteiger partial charge in [0.2, 0.25) is 0 Å². The van der Waals surface area contributed by atoms with Crippen molar-refractivity contribution in [2.24, 2.45) is 17.9 Å². The van der Waals surface area contributed by atoms with Crippen LogP contribution in [0.1, 0.15) is 29.2 Å². The van der Waals surface area contributed by atoms with Crippen LogP contribution in [-0.4, -0.2) is 21.3 Å². The summed E-state index contributed by atoms with van der Waals surface area (Å²) in [4.78, 5) is 12.0. The zero-order valence-corrected chi connectivity index (χ0v) is 16.8. The van der Waals surface area contributed by atoms with E-state index < -0.39 is 23.8 Å². The van der Waals surface area contributed by atoms with E-state index in [0.717, 1.165) is 38.1 Å². The number of hydrazone groups is 1. The van der Waals surface area contributed by atoms with Gasteiger partial charge in [-0.3, -0.25) is 0 Å². The molecule has 0 bridgehead atoms. The van der Waals surface area contributed by atoms with Crippen LogP contribution in [0, 0.1) is 0 Å². The lowest BCUT2D eigenvalue weighted by Crippen LogP contribution is -2.31. The van der Waals surface area contributed by atoms with Gasteiger partial charge in [0, 0.05) is 40.6 Å². The summed E-state index contributed by atoms with van der Waals surface area (Å²) in [7, 11) is 1.89. The van der Waals surface area contributed by atoms with Crippen molar-refractivity contribution in [1.29, 1.82) is 0 Å². The number of hydrogen-bond donors (Lipinski definition) is 1. The van der Waals surface area contributed by atoms with E-state index in [4.69, 9.17) is 5.73 Å². The number of rotatable bonds is 2. The number of fused-ring (bicyclic) bond motifs is 1. The third-order valence-corrected chi connectivity index (χ3v) is 5.49. The normalized spacial score (nSPS) is 17.1. The number of amides is 2. The number of carbonyl (C=O) groups is 1. The van der Waals surface area contributed by atoms with Crippen LogP contribution in [0.2, 0.25) is 0 Å². The van der Waals surface area contributed by atoms with Crippen molar-refractivity contribution in [1.82, 2.24) is 9.58 Å². The first kappa shape index (κ1) is 19.5. The van der Waals surface area contributed by atoms with E-state index in [-0.39, 0.29) is 6.42 Å². The fourth-order valence-electron chi connectivity index (χ4n) is 3.67. The van der Waals surface area contributed by atoms with Crippen molar-refractivity contribution in [3.05, 3.63) is 69.8 Å². The average molecular weight is 465 g/mol. The van der Waals surface area contributed by atoms with Crippen LogP contribution in [0.5, 0.6) is 0 Å². The lowest BCUT2D eigenvalue weighted by atomic mass is 9.97. The Bertz CT molecular complexity index is 1150. The van der Waals surface area contributed by atoms with Gasteiger partial charge in [-0.25, -0.2) is 9.80 Å². The van der Waals surface area contributed by atoms with Gasteiger partial charge in [0.1, 0.15) is 0 Å². The van der Waals surface area contributed by atoms with Gasteiger partial charge >= 0.3 is 12.2 Å². The Morgan fingerprint density at radius 2 is 2.00 bits per heavy atom. The van der Waals surface area contributed by atoms with Gasteiger partial charge in [-0.05, 0) is 35.9 Å². The van der Waals surface area contributed by atoms with Gasteiger partial charge in [0.05, 0.1) is 17.3 Å². The van der Waals surface area contributed by atoms with Crippen molar-refractivity contribution >= 4 is 38.6 Å². The number of hydrogen-bond acceptors (Lipinski definition) is 2. The maximum absolute atomic E-state index is 13.1. The molecule has 0 aliphatic carbocycles. The Labute approximate surface area is 172 Å². The lowest BCUT2D eigenvalue weighted by molar-refractivity contribution is -0.137. The average Bonchev–Trinajstić information content (AvgIpc) is 3.23. The van der Waals surface area contributed by atoms with Crippen LogP contribution in [0.25, 0.3) is 10.9 Å². The van der Waals surface area contributed by atoms with Crippen LogP contribution < -0.4 is 5.73 Å². The zero-order valence-electron chi connectivity index (χ0n) is 15.2. The third kappa shape index (κ3) is 3.50. The molecule has 2 amide bonds. The Morgan fingerprint density at radius 1 is 1.24 bits per heavy atom. The van der Waals surface area contributed by atoms with E-state index in [1.807, 2.05) is 36.0 Å². The molecule has 2 N–H and O–H groups in total. The minimum Gasteiger partial charge on any atom is -0.350 e. The Hall–Kier alpha value is -2.81. The second-order valence-electron chi connectivity index (χ2n) is 6.88. The molecule has 1 aliphatic rings. The molecule has 1 aromatic heterocycles. The van der Waals surface area contributed by atoms with Crippen molar-refractivity contribution < 1.29 is 18.0 Å². The van der Waals surface area contributed by atoms with Crippen LogP contribution in [0.15, 0.2) is 58.2 Å². The van der Waals surface area contributed by atoms with E-state index in [9.17, 15) is 18.0 Å². The molecule has 2 aromatic carbocycles. The van der Waals surface area contributed by atoms with Gasteiger partial charge in [0.15, 0.2) is 0 Å². The smallest absolute Gasteiger partial charge is 0.350 e. The number of alkyl halides is 3. The van der Waals surface area contributed by atoms with E-state index >= 15 is 0 Å². The maximum Gasteiger partial charge on any atom is 0.416 e. The quantitative estimate of drug-likeness (QED) is 0.557. The predicted molar refractivity (Wildman–Crippen MR) is 107 cm³/mol. The Balaban J connectivity index is 1.77. The van der Waals surface area contributed by atoms with E-state index in [0.29, 0.717) is 11.3 Å². The summed E-state index contributed by atoms with van der Waals surface area (Å²) in [6.45, 7) is 0. The number of primary amides is 1. The number of halogens is 4. The minimum absolute atomic E-state index is 0.260. The molecule has 1 aliphatic heterocycles. The molecule has 0 radical (unpaired) electrons. The van der Waals surface area contributed by atoms with Gasteiger partial charge in [-0.15, -0.1) is 0 Å². The molecular weight excluding hydrogens is 449 g/mol. The van der Waals surface area contributed by atoms with Gasteiger partial charge < -0.3 is 10.3 Å². The molecule has 0 saturated carbocycles. The van der Waals surface area contributed by atoms with Crippen LogP contribution in [0.3, 0.4) is 0 Å². The van der Waals surface area contributed by atoms with Crippen molar-refractivity contribution in [3.63, 3.8) is 0 Å². The summed E-state index contributed by atoms with van der Waals surface area (Å²) in [6, 6.07) is 9.46. The fraction of sp³-hybridized carbons (Fsp3) is 0.200. The number of aromatic nitrogens is 1. The fourth-order valence-corrected chi connectivity index (χ4v) is 4.03. The SMILES string of the molecule is Cn1cc(C2CC(c3cccc(C(F)(F)F)c3)=NN2C(N)=O)c2cc(Br)ccc21. The first-order valence-electron chi connectivity index (χ1n) is 8.73. The summed E-state index contributed by atoms with van der Waals surface area (Å²) >= 11 is 3.45. The highest BCUT2D eigenvalue weighted by Gasteiger charge is 2.35. The number of carbonyl (C=O) groups excluding carboxylic acids is 1. The predicted octanol–water partition coefficient (Wildman–Crippen LogP) is 5.19. The topological polar surface area (TPSA) is 63.6 Å². The molecule has 0 spiro atoms. The van der Waals surface area contributed by atoms with Crippen LogP contribution in [-0.2, 0) is 13.2 Å². The second kappa shape index (κ2) is 6.91. The van der Waals surface area contributed by atoms with Crippen LogP contribution >= 0.6 is 15.9 Å².